The number of aryl methyl sites for hydroxylation is 1. The molecule has 3 nitrogen and oxygen atoms in total. The lowest BCUT2D eigenvalue weighted by atomic mass is 10.1. The Morgan fingerprint density at radius 3 is 2.76 bits per heavy atom. The molecule has 0 atom stereocenters. The summed E-state index contributed by atoms with van der Waals surface area (Å²) >= 11 is 8.40. The van der Waals surface area contributed by atoms with Crippen LogP contribution in [0.4, 0.5) is 5.69 Å². The van der Waals surface area contributed by atoms with E-state index in [9.17, 15) is 4.79 Å². The molecule has 1 amide bonds. The molecule has 6 heteroatoms. The van der Waals surface area contributed by atoms with Crippen molar-refractivity contribution in [3.8, 4) is 5.75 Å². The molecular formula is C19H17NO2S3. The van der Waals surface area contributed by atoms with Crippen LogP contribution in [-0.2, 0) is 4.79 Å². The lowest BCUT2D eigenvalue weighted by Crippen LogP contribution is -2.27. The van der Waals surface area contributed by atoms with Crippen LogP contribution in [-0.4, -0.2) is 23.6 Å². The van der Waals surface area contributed by atoms with E-state index in [1.54, 1.807) is 23.8 Å². The number of thioether (sulfide) groups is 2. The maximum absolute atomic E-state index is 12.9. The molecule has 1 fully saturated rings. The summed E-state index contributed by atoms with van der Waals surface area (Å²) in [6, 6.07) is 13.7. The van der Waals surface area contributed by atoms with Gasteiger partial charge in [0, 0.05) is 4.90 Å². The number of nitrogens with zero attached hydrogens (tertiary/aromatic N) is 1. The predicted octanol–water partition coefficient (Wildman–Crippen LogP) is 5.13. The number of anilines is 1. The molecule has 0 bridgehead atoms. The minimum Gasteiger partial charge on any atom is -0.496 e. The van der Waals surface area contributed by atoms with Crippen LogP contribution in [0.15, 0.2) is 52.3 Å². The standard InChI is InChI=1S/C19H17NO2S3/c1-12-7-8-13(9-16(12)22-2)10-17-18(21)20(19(23)25-17)14-5-4-6-15(11-14)24-3/h4-11H,1-3H3/b17-10+. The number of carbonyl (C=O) groups is 1. The average Bonchev–Trinajstić information content (AvgIpc) is 2.90. The highest BCUT2D eigenvalue weighted by atomic mass is 32.2. The first kappa shape index (κ1) is 18.0. The number of hydrogen-bond donors (Lipinski definition) is 0. The van der Waals surface area contributed by atoms with Crippen molar-refractivity contribution >= 4 is 57.7 Å². The SMILES string of the molecule is COc1cc(/C=C2/SC(=S)N(c3cccc(SC)c3)C2=O)ccc1C. The lowest BCUT2D eigenvalue weighted by Gasteiger charge is -2.15. The van der Waals surface area contributed by atoms with Crippen molar-refractivity contribution in [1.82, 2.24) is 0 Å². The highest BCUT2D eigenvalue weighted by molar-refractivity contribution is 8.27. The molecule has 0 radical (unpaired) electrons. The van der Waals surface area contributed by atoms with E-state index in [4.69, 9.17) is 17.0 Å². The Balaban J connectivity index is 1.93. The molecular weight excluding hydrogens is 370 g/mol. The first-order valence-electron chi connectivity index (χ1n) is 7.60. The second kappa shape index (κ2) is 7.64. The van der Waals surface area contributed by atoms with Gasteiger partial charge < -0.3 is 4.74 Å². The number of carbonyl (C=O) groups excluding carboxylic acids is 1. The normalized spacial score (nSPS) is 16.0. The third kappa shape index (κ3) is 3.76. The van der Waals surface area contributed by atoms with Crippen molar-refractivity contribution in [2.75, 3.05) is 18.3 Å². The summed E-state index contributed by atoms with van der Waals surface area (Å²) in [6.45, 7) is 1.99. The highest BCUT2D eigenvalue weighted by Gasteiger charge is 2.33. The molecule has 1 aliphatic heterocycles. The zero-order valence-corrected chi connectivity index (χ0v) is 16.6. The molecule has 1 saturated heterocycles. The molecule has 0 spiro atoms. The number of benzene rings is 2. The van der Waals surface area contributed by atoms with Crippen LogP contribution >= 0.6 is 35.7 Å². The van der Waals surface area contributed by atoms with Crippen molar-refractivity contribution < 1.29 is 9.53 Å². The summed E-state index contributed by atoms with van der Waals surface area (Å²) < 4.78 is 5.90. The van der Waals surface area contributed by atoms with E-state index in [0.29, 0.717) is 9.23 Å². The second-order valence-electron chi connectivity index (χ2n) is 5.45. The monoisotopic (exact) mass is 387 g/mol. The van der Waals surface area contributed by atoms with Crippen LogP contribution in [0.25, 0.3) is 6.08 Å². The van der Waals surface area contributed by atoms with Crippen LogP contribution in [0, 0.1) is 6.92 Å². The Morgan fingerprint density at radius 2 is 2.04 bits per heavy atom. The van der Waals surface area contributed by atoms with Gasteiger partial charge in [0.2, 0.25) is 0 Å². The van der Waals surface area contributed by atoms with Crippen molar-refractivity contribution in [2.45, 2.75) is 11.8 Å². The van der Waals surface area contributed by atoms with Crippen molar-refractivity contribution in [1.29, 1.82) is 0 Å². The Labute approximate surface area is 161 Å². The molecule has 1 heterocycles. The van der Waals surface area contributed by atoms with E-state index in [1.165, 1.54) is 11.8 Å². The van der Waals surface area contributed by atoms with Crippen LogP contribution in [0.1, 0.15) is 11.1 Å². The van der Waals surface area contributed by atoms with Gasteiger partial charge in [-0.1, -0.05) is 42.2 Å². The fraction of sp³-hybridized carbons (Fsp3) is 0.158. The summed E-state index contributed by atoms with van der Waals surface area (Å²) in [4.78, 5) is 16.2. The Kier molecular flexibility index (Phi) is 5.51. The van der Waals surface area contributed by atoms with E-state index in [1.807, 2.05) is 61.7 Å². The largest absolute Gasteiger partial charge is 0.496 e. The number of thiocarbonyl (C=S) groups is 1. The molecule has 128 valence electrons. The van der Waals surface area contributed by atoms with Crippen molar-refractivity contribution in [3.63, 3.8) is 0 Å². The van der Waals surface area contributed by atoms with Crippen molar-refractivity contribution in [3.05, 3.63) is 58.5 Å². The molecule has 2 aromatic carbocycles. The third-order valence-electron chi connectivity index (χ3n) is 3.84. The molecule has 25 heavy (non-hydrogen) atoms. The van der Waals surface area contributed by atoms with Gasteiger partial charge in [0.1, 0.15) is 5.75 Å². The Morgan fingerprint density at radius 1 is 1.24 bits per heavy atom. The van der Waals surface area contributed by atoms with E-state index in [2.05, 4.69) is 0 Å². The van der Waals surface area contributed by atoms with Crippen LogP contribution < -0.4 is 9.64 Å². The van der Waals surface area contributed by atoms with E-state index < -0.39 is 0 Å². The first-order chi connectivity index (χ1) is 12.0. The molecule has 0 N–H and O–H groups in total. The van der Waals surface area contributed by atoms with Gasteiger partial charge in [0.05, 0.1) is 17.7 Å². The minimum atomic E-state index is -0.0900. The van der Waals surface area contributed by atoms with Gasteiger partial charge in [-0.3, -0.25) is 9.69 Å². The number of hydrogen-bond acceptors (Lipinski definition) is 5. The lowest BCUT2D eigenvalue weighted by molar-refractivity contribution is -0.113. The van der Waals surface area contributed by atoms with E-state index in [-0.39, 0.29) is 5.91 Å². The summed E-state index contributed by atoms with van der Waals surface area (Å²) in [5.41, 5.74) is 2.78. The molecule has 3 rings (SSSR count). The van der Waals surface area contributed by atoms with Gasteiger partial charge in [-0.25, -0.2) is 0 Å². The van der Waals surface area contributed by atoms with Crippen LogP contribution in [0.3, 0.4) is 0 Å². The third-order valence-corrected chi connectivity index (χ3v) is 5.86. The highest BCUT2D eigenvalue weighted by Crippen LogP contribution is 2.37. The van der Waals surface area contributed by atoms with Crippen LogP contribution in [0.2, 0.25) is 0 Å². The van der Waals surface area contributed by atoms with Gasteiger partial charge in [-0.05, 0) is 54.6 Å². The maximum Gasteiger partial charge on any atom is 0.270 e. The number of ether oxygens (including phenoxy) is 1. The summed E-state index contributed by atoms with van der Waals surface area (Å²) in [5.74, 6) is 0.713. The fourth-order valence-electron chi connectivity index (χ4n) is 2.52. The Bertz CT molecular complexity index is 877. The quantitative estimate of drug-likeness (QED) is 0.412. The van der Waals surface area contributed by atoms with Gasteiger partial charge in [0.15, 0.2) is 4.32 Å². The van der Waals surface area contributed by atoms with Gasteiger partial charge in [-0.2, -0.15) is 0 Å². The zero-order chi connectivity index (χ0) is 18.0. The molecule has 0 saturated carbocycles. The predicted molar refractivity (Wildman–Crippen MR) is 112 cm³/mol. The number of rotatable bonds is 4. The molecule has 0 aliphatic carbocycles. The summed E-state index contributed by atoms with van der Waals surface area (Å²) in [6.07, 6.45) is 3.87. The average molecular weight is 388 g/mol. The van der Waals surface area contributed by atoms with Crippen LogP contribution in [0.5, 0.6) is 5.75 Å². The maximum atomic E-state index is 12.9. The first-order valence-corrected chi connectivity index (χ1v) is 10.0. The molecule has 1 aliphatic rings. The summed E-state index contributed by atoms with van der Waals surface area (Å²) in [7, 11) is 1.64. The molecule has 0 aromatic heterocycles. The topological polar surface area (TPSA) is 29.5 Å². The van der Waals surface area contributed by atoms with E-state index >= 15 is 0 Å². The number of methoxy groups -OCH3 is 1. The smallest absolute Gasteiger partial charge is 0.270 e. The van der Waals surface area contributed by atoms with Gasteiger partial charge >= 0.3 is 0 Å². The molecule has 0 unspecified atom stereocenters. The summed E-state index contributed by atoms with van der Waals surface area (Å²) in [5, 5.41) is 0. The second-order valence-corrected chi connectivity index (χ2v) is 8.00. The molecule has 2 aromatic rings. The van der Waals surface area contributed by atoms with Gasteiger partial charge in [0.25, 0.3) is 5.91 Å². The zero-order valence-electron chi connectivity index (χ0n) is 14.1. The van der Waals surface area contributed by atoms with E-state index in [0.717, 1.165) is 27.5 Å². The van der Waals surface area contributed by atoms with Gasteiger partial charge in [-0.15, -0.1) is 11.8 Å². The fourth-order valence-corrected chi connectivity index (χ4v) is 4.27. The minimum absolute atomic E-state index is 0.0900. The number of amides is 1. The Hall–Kier alpha value is -1.76. The van der Waals surface area contributed by atoms with Crippen molar-refractivity contribution in [2.24, 2.45) is 0 Å².